The number of carbonyl (C=O) groups is 1. The molecule has 3 rings (SSSR count). The first-order valence-corrected chi connectivity index (χ1v) is 6.57. The number of hydrogen-bond donors (Lipinski definition) is 0. The maximum absolute atomic E-state index is 11.5. The average Bonchev–Trinajstić information content (AvgIpc) is 3.07. The summed E-state index contributed by atoms with van der Waals surface area (Å²) in [5.74, 6) is 0.175. The number of epoxide rings is 1. The molecular formula is C13H10Cl2O4. The van der Waals surface area contributed by atoms with Gasteiger partial charge >= 0.3 is 5.97 Å². The third-order valence-corrected chi connectivity index (χ3v) is 3.72. The lowest BCUT2D eigenvalue weighted by Gasteiger charge is -1.95. The summed E-state index contributed by atoms with van der Waals surface area (Å²) in [6.07, 6.45) is -0.990. The van der Waals surface area contributed by atoms with Crippen LogP contribution in [-0.2, 0) is 14.3 Å². The Morgan fingerprint density at radius 1 is 1.42 bits per heavy atom. The van der Waals surface area contributed by atoms with E-state index in [-0.39, 0.29) is 5.97 Å². The van der Waals surface area contributed by atoms with Gasteiger partial charge in [0.1, 0.15) is 11.3 Å². The van der Waals surface area contributed by atoms with Crippen LogP contribution in [0.4, 0.5) is 0 Å². The average molecular weight is 301 g/mol. The van der Waals surface area contributed by atoms with E-state index < -0.39 is 12.2 Å². The SMILES string of the molecule is CCOC(=O)C1OC1c1cc2c(Cl)c(Cl)ccc2o1. The first-order chi connectivity index (χ1) is 9.11. The maximum atomic E-state index is 11.5. The van der Waals surface area contributed by atoms with Gasteiger partial charge in [0.15, 0.2) is 12.2 Å². The van der Waals surface area contributed by atoms with E-state index in [0.717, 1.165) is 0 Å². The van der Waals surface area contributed by atoms with E-state index in [9.17, 15) is 4.79 Å². The lowest BCUT2D eigenvalue weighted by Crippen LogP contribution is -2.11. The molecule has 1 fully saturated rings. The lowest BCUT2D eigenvalue weighted by molar-refractivity contribution is -0.144. The highest BCUT2D eigenvalue weighted by Crippen LogP contribution is 2.43. The molecule has 4 nitrogen and oxygen atoms in total. The summed E-state index contributed by atoms with van der Waals surface area (Å²) in [7, 11) is 0. The Labute approximate surface area is 119 Å². The molecule has 2 unspecified atom stereocenters. The van der Waals surface area contributed by atoms with Gasteiger partial charge in [0, 0.05) is 5.39 Å². The standard InChI is InChI=1S/C13H10Cl2O4/c1-2-17-13(16)12-11(19-12)9-5-6-8(18-9)4-3-7(14)10(6)15/h3-5,11-12H,2H2,1H3. The van der Waals surface area contributed by atoms with Crippen LogP contribution in [0.25, 0.3) is 11.0 Å². The van der Waals surface area contributed by atoms with Crippen LogP contribution >= 0.6 is 23.2 Å². The number of furan rings is 1. The van der Waals surface area contributed by atoms with Gasteiger partial charge in [-0.15, -0.1) is 0 Å². The van der Waals surface area contributed by atoms with E-state index in [0.29, 0.717) is 33.4 Å². The Balaban J connectivity index is 1.88. The summed E-state index contributed by atoms with van der Waals surface area (Å²) in [4.78, 5) is 11.5. The highest BCUT2D eigenvalue weighted by atomic mass is 35.5. The van der Waals surface area contributed by atoms with Crippen LogP contribution in [0.2, 0.25) is 10.0 Å². The third kappa shape index (κ3) is 2.20. The van der Waals surface area contributed by atoms with Crippen LogP contribution in [0.15, 0.2) is 22.6 Å². The van der Waals surface area contributed by atoms with Crippen molar-refractivity contribution in [1.82, 2.24) is 0 Å². The van der Waals surface area contributed by atoms with Crippen LogP contribution in [0, 0.1) is 0 Å². The first-order valence-electron chi connectivity index (χ1n) is 5.81. The number of hydrogen-bond acceptors (Lipinski definition) is 4. The van der Waals surface area contributed by atoms with Crippen LogP contribution in [0.1, 0.15) is 18.8 Å². The van der Waals surface area contributed by atoms with Gasteiger partial charge in [-0.1, -0.05) is 23.2 Å². The number of benzene rings is 1. The minimum absolute atomic E-state index is 0.326. The maximum Gasteiger partial charge on any atom is 0.338 e. The lowest BCUT2D eigenvalue weighted by atomic mass is 10.2. The fourth-order valence-corrected chi connectivity index (χ4v) is 2.32. The van der Waals surface area contributed by atoms with E-state index in [4.69, 9.17) is 37.1 Å². The number of ether oxygens (including phenoxy) is 2. The van der Waals surface area contributed by atoms with Crippen molar-refractivity contribution in [1.29, 1.82) is 0 Å². The Hall–Kier alpha value is -1.23. The molecule has 1 aromatic heterocycles. The highest BCUT2D eigenvalue weighted by Gasteiger charge is 2.49. The molecule has 0 amide bonds. The van der Waals surface area contributed by atoms with Crippen molar-refractivity contribution in [2.24, 2.45) is 0 Å². The fourth-order valence-electron chi connectivity index (χ4n) is 1.94. The molecule has 100 valence electrons. The van der Waals surface area contributed by atoms with Gasteiger partial charge < -0.3 is 13.9 Å². The van der Waals surface area contributed by atoms with E-state index in [1.807, 2.05) is 0 Å². The predicted molar refractivity (Wildman–Crippen MR) is 70.5 cm³/mol. The van der Waals surface area contributed by atoms with Crippen LogP contribution in [0.3, 0.4) is 0 Å². The molecule has 0 N–H and O–H groups in total. The second kappa shape index (κ2) is 4.71. The third-order valence-electron chi connectivity index (χ3n) is 2.90. The number of carbonyl (C=O) groups excluding carboxylic acids is 1. The Morgan fingerprint density at radius 2 is 2.21 bits per heavy atom. The molecule has 0 aliphatic carbocycles. The second-order valence-corrected chi connectivity index (χ2v) is 4.94. The number of rotatable bonds is 3. The molecule has 0 spiro atoms. The van der Waals surface area contributed by atoms with Crippen LogP contribution in [-0.4, -0.2) is 18.7 Å². The van der Waals surface area contributed by atoms with Crippen molar-refractivity contribution in [2.45, 2.75) is 19.1 Å². The smallest absolute Gasteiger partial charge is 0.338 e. The van der Waals surface area contributed by atoms with Gasteiger partial charge in [-0.25, -0.2) is 4.79 Å². The topological polar surface area (TPSA) is 52.0 Å². The highest BCUT2D eigenvalue weighted by molar-refractivity contribution is 6.45. The molecule has 1 aliphatic rings. The van der Waals surface area contributed by atoms with Gasteiger partial charge in [0.05, 0.1) is 16.7 Å². The molecule has 1 aromatic carbocycles. The largest absolute Gasteiger partial charge is 0.464 e. The van der Waals surface area contributed by atoms with Crippen LogP contribution < -0.4 is 0 Å². The van der Waals surface area contributed by atoms with Crippen LogP contribution in [0.5, 0.6) is 0 Å². The van der Waals surface area contributed by atoms with Crippen molar-refractivity contribution >= 4 is 40.1 Å². The minimum atomic E-state index is -0.588. The zero-order valence-electron chi connectivity index (χ0n) is 9.98. The zero-order valence-corrected chi connectivity index (χ0v) is 11.5. The van der Waals surface area contributed by atoms with Gasteiger partial charge in [0.25, 0.3) is 0 Å². The monoisotopic (exact) mass is 300 g/mol. The summed E-state index contributed by atoms with van der Waals surface area (Å²) in [6.45, 7) is 2.07. The molecular weight excluding hydrogens is 291 g/mol. The minimum Gasteiger partial charge on any atom is -0.464 e. The van der Waals surface area contributed by atoms with E-state index >= 15 is 0 Å². The normalized spacial score (nSPS) is 21.6. The van der Waals surface area contributed by atoms with Gasteiger partial charge in [0.2, 0.25) is 0 Å². The molecule has 2 heterocycles. The van der Waals surface area contributed by atoms with Crippen molar-refractivity contribution in [3.05, 3.63) is 34.0 Å². The molecule has 0 radical (unpaired) electrons. The summed E-state index contributed by atoms with van der Waals surface area (Å²) < 4.78 is 15.8. The fraction of sp³-hybridized carbons (Fsp3) is 0.308. The zero-order chi connectivity index (χ0) is 13.6. The number of fused-ring (bicyclic) bond motifs is 1. The summed E-state index contributed by atoms with van der Waals surface area (Å²) in [5.41, 5.74) is 0.613. The molecule has 19 heavy (non-hydrogen) atoms. The Bertz CT molecular complexity index is 649. The molecule has 1 aliphatic heterocycles. The molecule has 0 saturated carbocycles. The molecule has 1 saturated heterocycles. The number of halogens is 2. The summed E-state index contributed by atoms with van der Waals surface area (Å²) >= 11 is 12.0. The van der Waals surface area contributed by atoms with E-state index in [2.05, 4.69) is 0 Å². The Morgan fingerprint density at radius 3 is 2.95 bits per heavy atom. The summed E-state index contributed by atoms with van der Waals surface area (Å²) in [5, 5.41) is 1.60. The van der Waals surface area contributed by atoms with Crippen molar-refractivity contribution in [2.75, 3.05) is 6.61 Å². The quantitative estimate of drug-likeness (QED) is 0.640. The first kappa shape index (κ1) is 12.8. The van der Waals surface area contributed by atoms with Crippen molar-refractivity contribution in [3.63, 3.8) is 0 Å². The van der Waals surface area contributed by atoms with Gasteiger partial charge in [-0.2, -0.15) is 0 Å². The molecule has 6 heteroatoms. The van der Waals surface area contributed by atoms with E-state index in [1.165, 1.54) is 0 Å². The second-order valence-electron chi connectivity index (χ2n) is 4.15. The van der Waals surface area contributed by atoms with Crippen molar-refractivity contribution in [3.8, 4) is 0 Å². The molecule has 2 atom stereocenters. The molecule has 0 bridgehead atoms. The predicted octanol–water partition coefficient (Wildman–Crippen LogP) is 3.74. The molecule has 2 aromatic rings. The van der Waals surface area contributed by atoms with Crippen molar-refractivity contribution < 1.29 is 18.7 Å². The van der Waals surface area contributed by atoms with Gasteiger partial charge in [-0.3, -0.25) is 0 Å². The number of esters is 1. The van der Waals surface area contributed by atoms with Gasteiger partial charge in [-0.05, 0) is 25.1 Å². The summed E-state index contributed by atoms with van der Waals surface area (Å²) in [6, 6.07) is 5.14. The van der Waals surface area contributed by atoms with E-state index in [1.54, 1.807) is 25.1 Å². The Kier molecular flexibility index (Phi) is 3.17.